The zero-order valence-electron chi connectivity index (χ0n) is 10.5. The van der Waals surface area contributed by atoms with E-state index in [0.29, 0.717) is 16.9 Å². The van der Waals surface area contributed by atoms with Gasteiger partial charge in [-0.15, -0.1) is 0 Å². The fourth-order valence-corrected chi connectivity index (χ4v) is 2.09. The molecule has 0 atom stereocenters. The van der Waals surface area contributed by atoms with E-state index in [1.165, 1.54) is 31.4 Å². The van der Waals surface area contributed by atoms with Crippen LogP contribution < -0.4 is 4.74 Å². The molecule has 0 aromatic heterocycles. The number of methoxy groups -OCH3 is 1. The molecule has 0 fully saturated rings. The Balaban J connectivity index is 2.49. The van der Waals surface area contributed by atoms with Gasteiger partial charge in [-0.1, -0.05) is 15.9 Å². The standard InChI is InChI=1S/C15H12BrFO2/c1-9-7-12(14(19-2)8-13(9)16)15(18)10-3-5-11(17)6-4-10/h3-8H,1-2H3. The third-order valence-electron chi connectivity index (χ3n) is 2.83. The molecule has 2 nitrogen and oxygen atoms in total. The van der Waals surface area contributed by atoms with Crippen LogP contribution in [0.3, 0.4) is 0 Å². The molecule has 0 saturated carbocycles. The molecule has 0 unspecified atom stereocenters. The highest BCUT2D eigenvalue weighted by Crippen LogP contribution is 2.28. The second kappa shape index (κ2) is 5.53. The number of halogens is 2. The van der Waals surface area contributed by atoms with Gasteiger partial charge in [-0.25, -0.2) is 4.39 Å². The van der Waals surface area contributed by atoms with Crippen LogP contribution in [0.15, 0.2) is 40.9 Å². The molecular weight excluding hydrogens is 311 g/mol. The number of benzene rings is 2. The third kappa shape index (κ3) is 2.84. The van der Waals surface area contributed by atoms with Crippen molar-refractivity contribution < 1.29 is 13.9 Å². The highest BCUT2D eigenvalue weighted by molar-refractivity contribution is 9.10. The number of hydrogen-bond donors (Lipinski definition) is 0. The summed E-state index contributed by atoms with van der Waals surface area (Å²) in [4.78, 5) is 12.4. The number of hydrogen-bond acceptors (Lipinski definition) is 2. The van der Waals surface area contributed by atoms with Crippen LogP contribution in [0, 0.1) is 12.7 Å². The number of carbonyl (C=O) groups is 1. The number of ether oxygens (including phenoxy) is 1. The first-order valence-electron chi connectivity index (χ1n) is 5.67. The average molecular weight is 323 g/mol. The Morgan fingerprint density at radius 2 is 1.84 bits per heavy atom. The molecule has 2 aromatic carbocycles. The van der Waals surface area contributed by atoms with E-state index in [4.69, 9.17) is 4.74 Å². The van der Waals surface area contributed by atoms with Gasteiger partial charge in [-0.2, -0.15) is 0 Å². The molecule has 2 aromatic rings. The Morgan fingerprint density at radius 1 is 1.21 bits per heavy atom. The van der Waals surface area contributed by atoms with Gasteiger partial charge in [0.15, 0.2) is 5.78 Å². The molecule has 98 valence electrons. The number of carbonyl (C=O) groups excluding carboxylic acids is 1. The van der Waals surface area contributed by atoms with Crippen molar-refractivity contribution in [1.29, 1.82) is 0 Å². The minimum absolute atomic E-state index is 0.188. The highest BCUT2D eigenvalue weighted by Gasteiger charge is 2.16. The van der Waals surface area contributed by atoms with Crippen LogP contribution in [-0.2, 0) is 0 Å². The van der Waals surface area contributed by atoms with Crippen molar-refractivity contribution in [3.05, 3.63) is 63.4 Å². The topological polar surface area (TPSA) is 26.3 Å². The molecule has 0 bridgehead atoms. The lowest BCUT2D eigenvalue weighted by atomic mass is 10.0. The molecule has 0 amide bonds. The molecule has 0 heterocycles. The van der Waals surface area contributed by atoms with Crippen molar-refractivity contribution in [2.45, 2.75) is 6.92 Å². The first kappa shape index (κ1) is 13.7. The molecular formula is C15H12BrFO2. The zero-order chi connectivity index (χ0) is 14.0. The lowest BCUT2D eigenvalue weighted by Crippen LogP contribution is -2.05. The van der Waals surface area contributed by atoms with Gasteiger partial charge in [0.1, 0.15) is 11.6 Å². The molecule has 0 saturated heterocycles. The van der Waals surface area contributed by atoms with Crippen LogP contribution in [0.25, 0.3) is 0 Å². The molecule has 19 heavy (non-hydrogen) atoms. The van der Waals surface area contributed by atoms with Crippen molar-refractivity contribution >= 4 is 21.7 Å². The molecule has 0 aliphatic rings. The van der Waals surface area contributed by atoms with Crippen LogP contribution in [0.2, 0.25) is 0 Å². The van der Waals surface area contributed by atoms with Gasteiger partial charge in [-0.05, 0) is 48.9 Å². The largest absolute Gasteiger partial charge is 0.496 e. The summed E-state index contributed by atoms with van der Waals surface area (Å²) in [5.41, 5.74) is 1.84. The Hall–Kier alpha value is -1.68. The summed E-state index contributed by atoms with van der Waals surface area (Å²) in [5.74, 6) is -0.0604. The molecule has 0 N–H and O–H groups in total. The quantitative estimate of drug-likeness (QED) is 0.794. The van der Waals surface area contributed by atoms with E-state index in [2.05, 4.69) is 15.9 Å². The number of ketones is 1. The Labute approximate surface area is 119 Å². The van der Waals surface area contributed by atoms with E-state index in [0.717, 1.165) is 10.0 Å². The van der Waals surface area contributed by atoms with E-state index in [1.807, 2.05) is 6.92 Å². The SMILES string of the molecule is COc1cc(Br)c(C)cc1C(=O)c1ccc(F)cc1. The summed E-state index contributed by atoms with van der Waals surface area (Å²) in [6.07, 6.45) is 0. The molecule has 0 aliphatic carbocycles. The van der Waals surface area contributed by atoms with E-state index in [1.54, 1.807) is 12.1 Å². The molecule has 0 spiro atoms. The number of aryl methyl sites for hydroxylation is 1. The molecule has 0 radical (unpaired) electrons. The first-order valence-corrected chi connectivity index (χ1v) is 6.46. The minimum Gasteiger partial charge on any atom is -0.496 e. The van der Waals surface area contributed by atoms with Gasteiger partial charge >= 0.3 is 0 Å². The van der Waals surface area contributed by atoms with Gasteiger partial charge in [0.05, 0.1) is 12.7 Å². The summed E-state index contributed by atoms with van der Waals surface area (Å²) in [6, 6.07) is 8.99. The molecule has 0 aliphatic heterocycles. The summed E-state index contributed by atoms with van der Waals surface area (Å²) < 4.78 is 19.0. The fourth-order valence-electron chi connectivity index (χ4n) is 1.77. The summed E-state index contributed by atoms with van der Waals surface area (Å²) in [7, 11) is 1.51. The second-order valence-corrected chi connectivity index (χ2v) is 4.99. The van der Waals surface area contributed by atoms with Crippen LogP contribution >= 0.6 is 15.9 Å². The van der Waals surface area contributed by atoms with Crippen LogP contribution in [0.5, 0.6) is 5.75 Å². The monoisotopic (exact) mass is 322 g/mol. The molecule has 2 rings (SSSR count). The minimum atomic E-state index is -0.365. The third-order valence-corrected chi connectivity index (χ3v) is 3.69. The lowest BCUT2D eigenvalue weighted by Gasteiger charge is -2.10. The Morgan fingerprint density at radius 3 is 2.42 bits per heavy atom. The van der Waals surface area contributed by atoms with E-state index in [-0.39, 0.29) is 11.6 Å². The smallest absolute Gasteiger partial charge is 0.196 e. The zero-order valence-corrected chi connectivity index (χ0v) is 12.1. The maximum absolute atomic E-state index is 12.9. The van der Waals surface area contributed by atoms with Crippen molar-refractivity contribution in [3.8, 4) is 5.75 Å². The van der Waals surface area contributed by atoms with Crippen LogP contribution in [-0.4, -0.2) is 12.9 Å². The maximum atomic E-state index is 12.9. The van der Waals surface area contributed by atoms with E-state index in [9.17, 15) is 9.18 Å². The first-order chi connectivity index (χ1) is 9.02. The summed E-state index contributed by atoms with van der Waals surface area (Å²) in [6.45, 7) is 1.89. The van der Waals surface area contributed by atoms with E-state index < -0.39 is 0 Å². The van der Waals surface area contributed by atoms with Crippen molar-refractivity contribution in [2.75, 3.05) is 7.11 Å². The predicted octanol–water partition coefficient (Wildman–Crippen LogP) is 4.14. The lowest BCUT2D eigenvalue weighted by molar-refractivity contribution is 0.103. The molecule has 4 heteroatoms. The maximum Gasteiger partial charge on any atom is 0.196 e. The highest BCUT2D eigenvalue weighted by atomic mass is 79.9. The van der Waals surface area contributed by atoms with Gasteiger partial charge in [0, 0.05) is 10.0 Å². The van der Waals surface area contributed by atoms with E-state index >= 15 is 0 Å². The van der Waals surface area contributed by atoms with Crippen LogP contribution in [0.4, 0.5) is 4.39 Å². The van der Waals surface area contributed by atoms with Crippen LogP contribution in [0.1, 0.15) is 21.5 Å². The van der Waals surface area contributed by atoms with Gasteiger partial charge in [-0.3, -0.25) is 4.79 Å². The van der Waals surface area contributed by atoms with Crippen molar-refractivity contribution in [1.82, 2.24) is 0 Å². The predicted molar refractivity (Wildman–Crippen MR) is 75.3 cm³/mol. The van der Waals surface area contributed by atoms with Crippen molar-refractivity contribution in [2.24, 2.45) is 0 Å². The fraction of sp³-hybridized carbons (Fsp3) is 0.133. The van der Waals surface area contributed by atoms with Crippen molar-refractivity contribution in [3.63, 3.8) is 0 Å². The van der Waals surface area contributed by atoms with Gasteiger partial charge in [0.2, 0.25) is 0 Å². The Kier molecular flexibility index (Phi) is 4.00. The summed E-state index contributed by atoms with van der Waals surface area (Å²) >= 11 is 3.40. The second-order valence-electron chi connectivity index (χ2n) is 4.14. The number of rotatable bonds is 3. The summed E-state index contributed by atoms with van der Waals surface area (Å²) in [5, 5.41) is 0. The normalized spacial score (nSPS) is 10.3. The van der Waals surface area contributed by atoms with Gasteiger partial charge < -0.3 is 4.74 Å². The average Bonchev–Trinajstić information content (AvgIpc) is 2.41. The Bertz CT molecular complexity index is 621. The van der Waals surface area contributed by atoms with Gasteiger partial charge in [0.25, 0.3) is 0 Å².